The van der Waals surface area contributed by atoms with E-state index in [4.69, 9.17) is 15.0 Å². The van der Waals surface area contributed by atoms with Crippen LogP contribution in [0.25, 0.3) is 0 Å². The van der Waals surface area contributed by atoms with Crippen LogP contribution < -0.4 is 0 Å². The summed E-state index contributed by atoms with van der Waals surface area (Å²) in [6.45, 7) is 2.25. The number of halogens is 3. The first kappa shape index (κ1) is 19.5. The van der Waals surface area contributed by atoms with Gasteiger partial charge in [-0.15, -0.1) is 0 Å². The van der Waals surface area contributed by atoms with Crippen LogP contribution in [0, 0.1) is 6.92 Å². The Labute approximate surface area is 134 Å². The maximum atomic E-state index is 12.1. The molecule has 11 heteroatoms. The number of carbonyl (C=O) groups is 3. The molecule has 134 valence electrons. The van der Waals surface area contributed by atoms with Crippen molar-refractivity contribution in [3.8, 4) is 0 Å². The average molecular weight is 351 g/mol. The molecule has 0 aliphatic carbocycles. The summed E-state index contributed by atoms with van der Waals surface area (Å²) in [7, 11) is 0. The van der Waals surface area contributed by atoms with Crippen LogP contribution >= 0.6 is 0 Å². The van der Waals surface area contributed by atoms with Gasteiger partial charge in [0, 0.05) is 6.54 Å². The number of nitrogens with one attached hydrogen (secondary N) is 1. The number of aryl methyl sites for hydroxylation is 1. The number of likely N-dealkylation sites (tertiary alicyclic amines) is 1. The molecule has 1 saturated heterocycles. The van der Waals surface area contributed by atoms with Crippen LogP contribution in [-0.2, 0) is 9.59 Å². The fraction of sp³-hybridized carbons (Fsp3) is 0.538. The molecule has 24 heavy (non-hydrogen) atoms. The summed E-state index contributed by atoms with van der Waals surface area (Å²) >= 11 is 0. The van der Waals surface area contributed by atoms with E-state index in [1.54, 1.807) is 6.92 Å². The molecule has 3 N–H and O–H groups in total. The molecule has 0 bridgehead atoms. The van der Waals surface area contributed by atoms with Crippen molar-refractivity contribution in [3.05, 3.63) is 17.7 Å². The third-order valence-electron chi connectivity index (χ3n) is 3.22. The van der Waals surface area contributed by atoms with Crippen LogP contribution in [0.2, 0.25) is 0 Å². The lowest BCUT2D eigenvalue weighted by molar-refractivity contribution is -0.192. The Morgan fingerprint density at radius 3 is 2.29 bits per heavy atom. The molecule has 1 unspecified atom stereocenters. The average Bonchev–Trinajstić information content (AvgIpc) is 2.92. The normalized spacial score (nSPS) is 17.7. The van der Waals surface area contributed by atoms with E-state index in [1.165, 1.54) is 11.1 Å². The van der Waals surface area contributed by atoms with Gasteiger partial charge in [0.2, 0.25) is 0 Å². The highest BCUT2D eigenvalue weighted by Gasteiger charge is 2.38. The van der Waals surface area contributed by atoms with Gasteiger partial charge in [0.15, 0.2) is 0 Å². The van der Waals surface area contributed by atoms with Crippen molar-refractivity contribution in [2.45, 2.75) is 38.4 Å². The number of H-pyrrole nitrogens is 1. The number of hydrogen-bond acceptors (Lipinski definition) is 4. The largest absolute Gasteiger partial charge is 0.490 e. The van der Waals surface area contributed by atoms with Crippen molar-refractivity contribution in [3.63, 3.8) is 0 Å². The number of aliphatic carboxylic acids is 2. The number of hydrogen-bond donors (Lipinski definition) is 3. The van der Waals surface area contributed by atoms with Crippen LogP contribution in [0.15, 0.2) is 6.20 Å². The Balaban J connectivity index is 0.000000351. The van der Waals surface area contributed by atoms with Crippen molar-refractivity contribution < 1.29 is 37.8 Å². The number of carboxylic acid groups (broad SMARTS) is 2. The van der Waals surface area contributed by atoms with Crippen molar-refractivity contribution in [1.29, 1.82) is 0 Å². The first-order valence-corrected chi connectivity index (χ1v) is 6.89. The maximum absolute atomic E-state index is 12.1. The van der Waals surface area contributed by atoms with Crippen LogP contribution in [0.5, 0.6) is 0 Å². The maximum Gasteiger partial charge on any atom is 0.490 e. The Morgan fingerprint density at radius 2 is 1.88 bits per heavy atom. The van der Waals surface area contributed by atoms with Crippen LogP contribution in [0.3, 0.4) is 0 Å². The molecule has 2 heterocycles. The first-order chi connectivity index (χ1) is 11.0. The topological polar surface area (TPSA) is 124 Å². The highest BCUT2D eigenvalue weighted by atomic mass is 19.4. The molecular formula is C13H16F3N3O5. The van der Waals surface area contributed by atoms with Crippen molar-refractivity contribution in [2.24, 2.45) is 0 Å². The predicted molar refractivity (Wildman–Crippen MR) is 73.3 cm³/mol. The minimum atomic E-state index is -5.08. The highest BCUT2D eigenvalue weighted by Crippen LogP contribution is 2.19. The van der Waals surface area contributed by atoms with Gasteiger partial charge in [-0.3, -0.25) is 4.79 Å². The number of amides is 1. The zero-order valence-electron chi connectivity index (χ0n) is 12.6. The number of nitrogens with zero attached hydrogens (tertiary/aromatic N) is 2. The fourth-order valence-electron chi connectivity index (χ4n) is 2.12. The molecule has 1 aromatic rings. The fourth-order valence-corrected chi connectivity index (χ4v) is 2.12. The predicted octanol–water partition coefficient (Wildman–Crippen LogP) is 1.43. The molecule has 1 atom stereocenters. The number of carboxylic acids is 2. The second-order valence-corrected chi connectivity index (χ2v) is 5.03. The monoisotopic (exact) mass is 351 g/mol. The zero-order chi connectivity index (χ0) is 18.5. The van der Waals surface area contributed by atoms with Crippen LogP contribution in [-0.4, -0.2) is 61.7 Å². The summed E-state index contributed by atoms with van der Waals surface area (Å²) in [5.41, 5.74) is 0.357. The van der Waals surface area contributed by atoms with E-state index < -0.39 is 24.2 Å². The van der Waals surface area contributed by atoms with E-state index >= 15 is 0 Å². The quantitative estimate of drug-likeness (QED) is 0.740. The van der Waals surface area contributed by atoms with Crippen LogP contribution in [0.4, 0.5) is 13.2 Å². The molecule has 2 rings (SSSR count). The molecule has 1 amide bonds. The Morgan fingerprint density at radius 1 is 1.29 bits per heavy atom. The van der Waals surface area contributed by atoms with Gasteiger partial charge >= 0.3 is 18.1 Å². The summed E-state index contributed by atoms with van der Waals surface area (Å²) in [5, 5.41) is 16.2. The lowest BCUT2D eigenvalue weighted by atomic mass is 10.0. The summed E-state index contributed by atoms with van der Waals surface area (Å²) in [5.74, 6) is -3.32. The van der Waals surface area contributed by atoms with E-state index in [9.17, 15) is 22.8 Å². The van der Waals surface area contributed by atoms with E-state index in [0.29, 0.717) is 24.5 Å². The number of piperidine rings is 1. The molecule has 0 aromatic carbocycles. The molecule has 0 radical (unpaired) electrons. The minimum Gasteiger partial charge on any atom is -0.480 e. The Hall–Kier alpha value is -2.59. The number of carbonyl (C=O) groups excluding carboxylic acids is 1. The van der Waals surface area contributed by atoms with Crippen molar-refractivity contribution in [2.75, 3.05) is 6.54 Å². The first-order valence-electron chi connectivity index (χ1n) is 6.89. The minimum absolute atomic E-state index is 0.280. The van der Waals surface area contributed by atoms with Gasteiger partial charge in [-0.2, -0.15) is 13.2 Å². The van der Waals surface area contributed by atoms with E-state index in [-0.39, 0.29) is 5.91 Å². The lowest BCUT2D eigenvalue weighted by Crippen LogP contribution is -2.48. The molecule has 1 fully saturated rings. The van der Waals surface area contributed by atoms with Crippen LogP contribution in [0.1, 0.15) is 35.6 Å². The van der Waals surface area contributed by atoms with E-state index in [2.05, 4.69) is 9.97 Å². The molecule has 1 aliphatic heterocycles. The number of imidazole rings is 1. The van der Waals surface area contributed by atoms with Gasteiger partial charge in [0.05, 0.1) is 6.20 Å². The van der Waals surface area contributed by atoms with E-state index in [0.717, 1.165) is 12.8 Å². The molecule has 1 aromatic heterocycles. The van der Waals surface area contributed by atoms with Gasteiger partial charge in [0.25, 0.3) is 5.91 Å². The van der Waals surface area contributed by atoms with Gasteiger partial charge in [0.1, 0.15) is 17.6 Å². The molecular weight excluding hydrogens is 335 g/mol. The summed E-state index contributed by atoms with van der Waals surface area (Å²) in [6, 6.07) is -0.708. The SMILES string of the molecule is Cc1ncc(C(=O)N2CCCCC2C(=O)O)[nH]1.O=C(O)C(F)(F)F. The third kappa shape index (κ3) is 5.25. The van der Waals surface area contributed by atoms with Gasteiger partial charge in [-0.05, 0) is 26.2 Å². The second-order valence-electron chi connectivity index (χ2n) is 5.03. The molecule has 0 spiro atoms. The zero-order valence-corrected chi connectivity index (χ0v) is 12.6. The Kier molecular flexibility index (Phi) is 6.32. The number of rotatable bonds is 2. The highest BCUT2D eigenvalue weighted by molar-refractivity contribution is 5.95. The van der Waals surface area contributed by atoms with E-state index in [1.807, 2.05) is 0 Å². The standard InChI is InChI=1S/C11H15N3O3.C2HF3O2/c1-7-12-6-8(13-7)10(15)14-5-3-2-4-9(14)11(16)17;3-2(4,5)1(6)7/h6,9H,2-5H2,1H3,(H,12,13)(H,16,17);(H,6,7). The number of aromatic nitrogens is 2. The number of alkyl halides is 3. The van der Waals surface area contributed by atoms with Gasteiger partial charge in [-0.25, -0.2) is 14.6 Å². The molecule has 1 aliphatic rings. The second kappa shape index (κ2) is 7.79. The van der Waals surface area contributed by atoms with Gasteiger partial charge < -0.3 is 20.1 Å². The Bertz CT molecular complexity index is 614. The van der Waals surface area contributed by atoms with Crippen molar-refractivity contribution >= 4 is 17.8 Å². The third-order valence-corrected chi connectivity index (χ3v) is 3.22. The summed E-state index contributed by atoms with van der Waals surface area (Å²) in [4.78, 5) is 40.3. The summed E-state index contributed by atoms with van der Waals surface area (Å²) in [6.07, 6.45) is -1.41. The smallest absolute Gasteiger partial charge is 0.480 e. The number of aromatic amines is 1. The molecule has 8 nitrogen and oxygen atoms in total. The summed E-state index contributed by atoms with van der Waals surface area (Å²) < 4.78 is 31.7. The van der Waals surface area contributed by atoms with Gasteiger partial charge in [-0.1, -0.05) is 0 Å². The van der Waals surface area contributed by atoms with Crippen molar-refractivity contribution in [1.82, 2.24) is 14.9 Å². The lowest BCUT2D eigenvalue weighted by Gasteiger charge is -2.32. The molecule has 0 saturated carbocycles.